The first kappa shape index (κ1) is 19.6. The second-order valence-corrected chi connectivity index (χ2v) is 6.17. The van der Waals surface area contributed by atoms with Crippen molar-refractivity contribution in [2.45, 2.75) is 6.42 Å². The average Bonchev–Trinajstić information content (AvgIpc) is 2.96. The second kappa shape index (κ2) is 9.14. The fraction of sp³-hybridized carbons (Fsp3) is 0.286. The molecule has 2 aromatic carbocycles. The number of ether oxygens (including phenoxy) is 3. The highest BCUT2D eigenvalue weighted by Crippen LogP contribution is 2.24. The number of carbonyl (C=O) groups excluding carboxylic acids is 3. The molecular weight excluding hydrogens is 362 g/mol. The Balaban J connectivity index is 1.57. The van der Waals surface area contributed by atoms with Gasteiger partial charge >= 0.3 is 5.97 Å². The Morgan fingerprint density at radius 3 is 2.43 bits per heavy atom. The minimum Gasteiger partial charge on any atom is -0.490 e. The summed E-state index contributed by atoms with van der Waals surface area (Å²) >= 11 is 0. The molecule has 0 bridgehead atoms. The monoisotopic (exact) mass is 383 g/mol. The first-order valence-electron chi connectivity index (χ1n) is 8.96. The van der Waals surface area contributed by atoms with E-state index in [9.17, 15) is 14.4 Å². The molecule has 0 unspecified atom stereocenters. The van der Waals surface area contributed by atoms with Crippen LogP contribution in [-0.4, -0.2) is 56.2 Å². The van der Waals surface area contributed by atoms with Gasteiger partial charge < -0.3 is 14.2 Å². The predicted molar refractivity (Wildman–Crippen MR) is 101 cm³/mol. The number of carbonyl (C=O) groups is 3. The van der Waals surface area contributed by atoms with E-state index in [2.05, 4.69) is 0 Å². The number of imide groups is 1. The van der Waals surface area contributed by atoms with Crippen LogP contribution in [0.1, 0.15) is 37.5 Å². The molecule has 1 aliphatic rings. The van der Waals surface area contributed by atoms with E-state index in [1.165, 1.54) is 23.1 Å². The van der Waals surface area contributed by atoms with Crippen LogP contribution in [0, 0.1) is 0 Å². The molecule has 0 aliphatic carbocycles. The first-order valence-corrected chi connectivity index (χ1v) is 8.96. The third kappa shape index (κ3) is 4.37. The molecule has 3 rings (SSSR count). The van der Waals surface area contributed by atoms with Crippen molar-refractivity contribution >= 4 is 17.8 Å². The Morgan fingerprint density at radius 2 is 1.68 bits per heavy atom. The minimum absolute atomic E-state index is 0.0703. The summed E-state index contributed by atoms with van der Waals surface area (Å²) in [6, 6.07) is 13.6. The van der Waals surface area contributed by atoms with Crippen LogP contribution in [0.25, 0.3) is 0 Å². The van der Waals surface area contributed by atoms with Gasteiger partial charge in [-0.15, -0.1) is 0 Å². The quantitative estimate of drug-likeness (QED) is 0.376. The number of benzene rings is 2. The summed E-state index contributed by atoms with van der Waals surface area (Å²) in [5, 5.41) is 0. The molecule has 2 amide bonds. The number of hydrogen-bond acceptors (Lipinski definition) is 6. The molecule has 2 aromatic rings. The van der Waals surface area contributed by atoms with Gasteiger partial charge in [-0.2, -0.15) is 0 Å². The average molecular weight is 383 g/mol. The molecule has 0 spiro atoms. The van der Waals surface area contributed by atoms with E-state index in [0.717, 1.165) is 0 Å². The fourth-order valence-electron chi connectivity index (χ4n) is 2.88. The maximum atomic E-state index is 12.5. The Kier molecular flexibility index (Phi) is 6.39. The zero-order valence-electron chi connectivity index (χ0n) is 15.6. The number of esters is 1. The van der Waals surface area contributed by atoms with Crippen LogP contribution >= 0.6 is 0 Å². The predicted octanol–water partition coefficient (Wildman–Crippen LogP) is 2.55. The lowest BCUT2D eigenvalue weighted by Crippen LogP contribution is -2.31. The van der Waals surface area contributed by atoms with Crippen LogP contribution in [0.2, 0.25) is 0 Å². The molecular formula is C21H21NO6. The minimum atomic E-state index is -0.572. The number of para-hydroxylation sites is 1. The zero-order chi connectivity index (χ0) is 19.9. The molecule has 7 nitrogen and oxygen atoms in total. The summed E-state index contributed by atoms with van der Waals surface area (Å²) in [7, 11) is 1.56. The Bertz CT molecular complexity index is 864. The summed E-state index contributed by atoms with van der Waals surface area (Å²) in [6.45, 7) is 1.01. The van der Waals surface area contributed by atoms with E-state index in [-0.39, 0.29) is 36.8 Å². The van der Waals surface area contributed by atoms with Gasteiger partial charge in [-0.3, -0.25) is 14.5 Å². The molecule has 1 heterocycles. The number of fused-ring (bicyclic) bond motifs is 1. The lowest BCUT2D eigenvalue weighted by molar-refractivity contribution is 0.0450. The van der Waals surface area contributed by atoms with Gasteiger partial charge in [-0.1, -0.05) is 18.2 Å². The molecule has 0 atom stereocenters. The largest absolute Gasteiger partial charge is 0.490 e. The number of amides is 2. The van der Waals surface area contributed by atoms with Gasteiger partial charge in [-0.05, 0) is 36.8 Å². The number of rotatable bonds is 9. The number of nitrogens with zero attached hydrogens (tertiary/aromatic N) is 1. The van der Waals surface area contributed by atoms with Crippen LogP contribution in [0.3, 0.4) is 0 Å². The highest BCUT2D eigenvalue weighted by Gasteiger charge is 2.35. The highest BCUT2D eigenvalue weighted by atomic mass is 16.6. The van der Waals surface area contributed by atoms with E-state index in [0.29, 0.717) is 24.3 Å². The molecule has 0 fully saturated rings. The Labute approximate surface area is 162 Å². The third-order valence-corrected chi connectivity index (χ3v) is 4.26. The molecule has 0 saturated heterocycles. The summed E-state index contributed by atoms with van der Waals surface area (Å²) in [5.74, 6) is -0.642. The first-order chi connectivity index (χ1) is 13.6. The number of methoxy groups -OCH3 is 1. The molecule has 0 radical (unpaired) electrons. The van der Waals surface area contributed by atoms with Crippen LogP contribution in [-0.2, 0) is 9.47 Å². The molecule has 28 heavy (non-hydrogen) atoms. The lowest BCUT2D eigenvalue weighted by Gasteiger charge is -2.12. The van der Waals surface area contributed by atoms with E-state index >= 15 is 0 Å². The molecule has 1 aliphatic heterocycles. The summed E-state index contributed by atoms with van der Waals surface area (Å²) in [5.41, 5.74) is 0.738. The maximum Gasteiger partial charge on any atom is 0.338 e. The van der Waals surface area contributed by atoms with Crippen molar-refractivity contribution in [3.8, 4) is 5.75 Å². The summed E-state index contributed by atoms with van der Waals surface area (Å²) in [4.78, 5) is 38.3. The van der Waals surface area contributed by atoms with Gasteiger partial charge in [0.15, 0.2) is 0 Å². The van der Waals surface area contributed by atoms with Gasteiger partial charge in [0, 0.05) is 20.3 Å². The molecule has 0 N–H and O–H groups in total. The maximum absolute atomic E-state index is 12.5. The van der Waals surface area contributed by atoms with Gasteiger partial charge in [-0.25, -0.2) is 4.79 Å². The Hall–Kier alpha value is -3.19. The van der Waals surface area contributed by atoms with Gasteiger partial charge in [0.2, 0.25) is 0 Å². The van der Waals surface area contributed by atoms with E-state index in [4.69, 9.17) is 14.2 Å². The zero-order valence-corrected chi connectivity index (χ0v) is 15.6. The molecule has 146 valence electrons. The second-order valence-electron chi connectivity index (χ2n) is 6.17. The van der Waals surface area contributed by atoms with Gasteiger partial charge in [0.1, 0.15) is 19.0 Å². The van der Waals surface area contributed by atoms with Crippen molar-refractivity contribution in [2.24, 2.45) is 0 Å². The fourth-order valence-corrected chi connectivity index (χ4v) is 2.88. The van der Waals surface area contributed by atoms with Crippen LogP contribution in [0.15, 0.2) is 48.5 Å². The summed E-state index contributed by atoms with van der Waals surface area (Å²) in [6.07, 6.45) is 0.554. The van der Waals surface area contributed by atoms with Crippen molar-refractivity contribution in [1.82, 2.24) is 4.90 Å². The standard InChI is InChI=1S/C21H21NO6/c1-26-11-5-10-22-19(23)17-9-8-15(14-18(17)20(22)24)21(25)28-13-12-27-16-6-3-2-4-7-16/h2-4,6-9,14H,5,10-13H2,1H3. The van der Waals surface area contributed by atoms with Crippen molar-refractivity contribution in [3.05, 3.63) is 65.2 Å². The van der Waals surface area contributed by atoms with Crippen molar-refractivity contribution < 1.29 is 28.6 Å². The normalized spacial score (nSPS) is 12.8. The smallest absolute Gasteiger partial charge is 0.338 e. The SMILES string of the molecule is COCCCN1C(=O)c2ccc(C(=O)OCCOc3ccccc3)cc2C1=O. The van der Waals surface area contributed by atoms with E-state index in [1.807, 2.05) is 30.3 Å². The van der Waals surface area contributed by atoms with Crippen molar-refractivity contribution in [3.63, 3.8) is 0 Å². The summed E-state index contributed by atoms with van der Waals surface area (Å²) < 4.78 is 15.6. The highest BCUT2D eigenvalue weighted by molar-refractivity contribution is 6.21. The molecule has 0 aromatic heterocycles. The van der Waals surface area contributed by atoms with Crippen LogP contribution in [0.4, 0.5) is 0 Å². The number of hydrogen-bond donors (Lipinski definition) is 0. The van der Waals surface area contributed by atoms with Gasteiger partial charge in [0.25, 0.3) is 11.8 Å². The molecule has 0 saturated carbocycles. The lowest BCUT2D eigenvalue weighted by atomic mass is 10.1. The molecule has 7 heteroatoms. The van der Waals surface area contributed by atoms with E-state index < -0.39 is 11.9 Å². The van der Waals surface area contributed by atoms with Crippen LogP contribution in [0.5, 0.6) is 5.75 Å². The topological polar surface area (TPSA) is 82.1 Å². The van der Waals surface area contributed by atoms with Crippen molar-refractivity contribution in [1.29, 1.82) is 0 Å². The van der Waals surface area contributed by atoms with E-state index in [1.54, 1.807) is 7.11 Å². The third-order valence-electron chi connectivity index (χ3n) is 4.26. The Morgan fingerprint density at radius 1 is 0.929 bits per heavy atom. The van der Waals surface area contributed by atoms with Gasteiger partial charge in [0.05, 0.1) is 16.7 Å². The van der Waals surface area contributed by atoms with Crippen LogP contribution < -0.4 is 4.74 Å². The van der Waals surface area contributed by atoms with Crippen molar-refractivity contribution in [2.75, 3.05) is 33.5 Å².